The lowest BCUT2D eigenvalue weighted by Gasteiger charge is -2.12. The van der Waals surface area contributed by atoms with Gasteiger partial charge in [-0.15, -0.1) is 0 Å². The molecule has 1 saturated carbocycles. The summed E-state index contributed by atoms with van der Waals surface area (Å²) in [6.45, 7) is 0. The van der Waals surface area contributed by atoms with Crippen molar-refractivity contribution in [2.24, 2.45) is 0 Å². The van der Waals surface area contributed by atoms with Crippen molar-refractivity contribution in [3.63, 3.8) is 0 Å². The molecule has 0 bridgehead atoms. The molecule has 4 aromatic rings. The lowest BCUT2D eigenvalue weighted by atomic mass is 10.2. The second-order valence-corrected chi connectivity index (χ2v) is 7.49. The second-order valence-electron chi connectivity index (χ2n) is 7.49. The molecule has 0 atom stereocenters. The number of fused-ring (bicyclic) bond motifs is 1. The molecule has 1 fully saturated rings. The van der Waals surface area contributed by atoms with E-state index in [4.69, 9.17) is 14.2 Å². The zero-order valence-corrected chi connectivity index (χ0v) is 19.0. The average molecular weight is 480 g/mol. The minimum absolute atomic E-state index is 0.204. The summed E-state index contributed by atoms with van der Waals surface area (Å²) in [5, 5.41) is 3.11. The van der Waals surface area contributed by atoms with E-state index in [1.54, 1.807) is 25.4 Å². The van der Waals surface area contributed by atoms with E-state index in [-0.39, 0.29) is 11.6 Å². The lowest BCUT2D eigenvalue weighted by molar-refractivity contribution is 0.111. The molecular formula is C25H22F2N4O4. The first-order chi connectivity index (χ1) is 17.0. The number of carbonyl (C=O) groups is 1. The molecule has 0 unspecified atom stereocenters. The van der Waals surface area contributed by atoms with Crippen molar-refractivity contribution >= 4 is 22.9 Å². The van der Waals surface area contributed by atoms with Crippen LogP contribution >= 0.6 is 0 Å². The van der Waals surface area contributed by atoms with Crippen molar-refractivity contribution in [2.75, 3.05) is 19.5 Å². The number of aromatic nitrogens is 3. The number of hydrogen-bond acceptors (Lipinski definition) is 8. The fourth-order valence-corrected chi connectivity index (χ4v) is 3.15. The van der Waals surface area contributed by atoms with E-state index in [2.05, 4.69) is 20.3 Å². The molecule has 1 aliphatic rings. The zero-order valence-electron chi connectivity index (χ0n) is 19.0. The van der Waals surface area contributed by atoms with Gasteiger partial charge in [0.1, 0.15) is 16.9 Å². The van der Waals surface area contributed by atoms with Gasteiger partial charge in [-0.2, -0.15) is 0 Å². The number of rotatable bonds is 7. The molecule has 1 aromatic carbocycles. The van der Waals surface area contributed by atoms with Crippen molar-refractivity contribution < 1.29 is 27.8 Å². The van der Waals surface area contributed by atoms with Gasteiger partial charge >= 0.3 is 0 Å². The third-order valence-corrected chi connectivity index (χ3v) is 5.03. The van der Waals surface area contributed by atoms with Crippen LogP contribution in [0.2, 0.25) is 0 Å². The largest absolute Gasteiger partial charge is 0.490 e. The van der Waals surface area contributed by atoms with Gasteiger partial charge in [0.25, 0.3) is 0 Å². The zero-order chi connectivity index (χ0) is 24.8. The third-order valence-electron chi connectivity index (χ3n) is 5.03. The number of nitrogens with one attached hydrogen (secondary N) is 1. The number of benzene rings is 1. The van der Waals surface area contributed by atoms with Gasteiger partial charge in [-0.3, -0.25) is 14.8 Å². The number of aldehydes is 1. The van der Waals surface area contributed by atoms with Crippen LogP contribution in [-0.2, 0) is 0 Å². The fourth-order valence-electron chi connectivity index (χ4n) is 3.15. The molecule has 35 heavy (non-hydrogen) atoms. The standard InChI is InChI=1S/C16H13F2N3O2.C9H9NO2/c1-19-9-7-10(17)15(11(18)8-9)23-13-4-6-20-12-3-5-21-16(22-2)14(12)13;11-6-7-5-10-4-3-9(7)12-8-1-2-8/h3-8,19H,1-2H3;3-6,8H,1-2H2. The highest BCUT2D eigenvalue weighted by molar-refractivity contribution is 5.89. The number of nitrogens with zero attached hydrogens (tertiary/aromatic N) is 3. The van der Waals surface area contributed by atoms with Crippen LogP contribution in [0.25, 0.3) is 10.9 Å². The molecule has 180 valence electrons. The number of carbonyl (C=O) groups excluding carboxylic acids is 1. The number of halogens is 2. The molecule has 0 spiro atoms. The summed E-state index contributed by atoms with van der Waals surface area (Å²) in [5.41, 5.74) is 1.39. The van der Waals surface area contributed by atoms with Crippen LogP contribution in [0.4, 0.5) is 14.5 Å². The van der Waals surface area contributed by atoms with Crippen LogP contribution in [0.15, 0.2) is 55.1 Å². The molecule has 3 heterocycles. The Balaban J connectivity index is 0.000000201. The van der Waals surface area contributed by atoms with Gasteiger partial charge in [-0.05, 0) is 31.0 Å². The molecule has 0 saturated heterocycles. The first-order valence-corrected chi connectivity index (χ1v) is 10.7. The van der Waals surface area contributed by atoms with Gasteiger partial charge in [0.15, 0.2) is 23.7 Å². The van der Waals surface area contributed by atoms with Crippen molar-refractivity contribution in [3.05, 3.63) is 72.3 Å². The highest BCUT2D eigenvalue weighted by Gasteiger charge is 2.24. The highest BCUT2D eigenvalue weighted by Crippen LogP contribution is 2.36. The summed E-state index contributed by atoms with van der Waals surface area (Å²) >= 11 is 0. The quantitative estimate of drug-likeness (QED) is 0.361. The lowest BCUT2D eigenvalue weighted by Crippen LogP contribution is -1.99. The summed E-state index contributed by atoms with van der Waals surface area (Å²) in [6, 6.07) is 7.18. The number of anilines is 1. The van der Waals surface area contributed by atoms with E-state index >= 15 is 0 Å². The third kappa shape index (κ3) is 5.60. The number of pyridine rings is 3. The summed E-state index contributed by atoms with van der Waals surface area (Å²) in [5.74, 6) is -1.01. The van der Waals surface area contributed by atoms with Crippen LogP contribution in [-0.4, -0.2) is 41.5 Å². The summed E-state index contributed by atoms with van der Waals surface area (Å²) in [7, 11) is 3.02. The average Bonchev–Trinajstić information content (AvgIpc) is 3.70. The van der Waals surface area contributed by atoms with E-state index < -0.39 is 17.4 Å². The Morgan fingerprint density at radius 1 is 1.03 bits per heavy atom. The smallest absolute Gasteiger partial charge is 0.226 e. The topological polar surface area (TPSA) is 95.5 Å². The Morgan fingerprint density at radius 3 is 2.40 bits per heavy atom. The Kier molecular flexibility index (Phi) is 7.30. The molecule has 0 amide bonds. The molecule has 0 aliphatic heterocycles. The maximum absolute atomic E-state index is 14.1. The molecule has 8 nitrogen and oxygen atoms in total. The number of hydrogen-bond donors (Lipinski definition) is 1. The van der Waals surface area contributed by atoms with E-state index in [9.17, 15) is 13.6 Å². The van der Waals surface area contributed by atoms with Crippen LogP contribution in [0.1, 0.15) is 23.2 Å². The SMILES string of the molecule is CNc1cc(F)c(Oc2ccnc3ccnc(OC)c23)c(F)c1.O=Cc1cnccc1OC1CC1. The van der Waals surface area contributed by atoms with Gasteiger partial charge in [0.05, 0.1) is 24.3 Å². The van der Waals surface area contributed by atoms with Gasteiger partial charge in [-0.25, -0.2) is 13.8 Å². The number of ether oxygens (including phenoxy) is 3. The highest BCUT2D eigenvalue weighted by atomic mass is 19.1. The first kappa shape index (κ1) is 23.8. The van der Waals surface area contributed by atoms with E-state index in [1.165, 1.54) is 31.8 Å². The summed E-state index contributed by atoms with van der Waals surface area (Å²) in [4.78, 5) is 22.6. The predicted molar refractivity (Wildman–Crippen MR) is 125 cm³/mol. The van der Waals surface area contributed by atoms with Gasteiger partial charge in [-0.1, -0.05) is 0 Å². The van der Waals surface area contributed by atoms with Gasteiger partial charge in [0, 0.05) is 49.7 Å². The van der Waals surface area contributed by atoms with E-state index in [0.717, 1.165) is 31.3 Å². The molecule has 1 N–H and O–H groups in total. The van der Waals surface area contributed by atoms with Crippen molar-refractivity contribution in [3.8, 4) is 23.1 Å². The normalized spacial score (nSPS) is 12.3. The fraction of sp³-hybridized carbons (Fsp3) is 0.200. The van der Waals surface area contributed by atoms with Crippen molar-refractivity contribution in [1.29, 1.82) is 0 Å². The van der Waals surface area contributed by atoms with Crippen LogP contribution in [0, 0.1) is 11.6 Å². The Bertz CT molecular complexity index is 1320. The summed E-state index contributed by atoms with van der Waals surface area (Å²) < 4.78 is 44.3. The molecule has 1 aliphatic carbocycles. The molecular weight excluding hydrogens is 458 g/mol. The number of methoxy groups -OCH3 is 1. The monoisotopic (exact) mass is 480 g/mol. The summed E-state index contributed by atoms with van der Waals surface area (Å²) in [6.07, 6.45) is 9.45. The van der Waals surface area contributed by atoms with Crippen molar-refractivity contribution in [1.82, 2.24) is 15.0 Å². The van der Waals surface area contributed by atoms with Crippen LogP contribution < -0.4 is 19.5 Å². The predicted octanol–water partition coefficient (Wildman–Crippen LogP) is 5.19. The van der Waals surface area contributed by atoms with Crippen LogP contribution in [0.3, 0.4) is 0 Å². The first-order valence-electron chi connectivity index (χ1n) is 10.7. The second kappa shape index (κ2) is 10.7. The Morgan fingerprint density at radius 2 is 1.74 bits per heavy atom. The molecule has 3 aromatic heterocycles. The van der Waals surface area contributed by atoms with Gasteiger partial charge < -0.3 is 19.5 Å². The Hall–Kier alpha value is -4.34. The maximum atomic E-state index is 14.1. The molecule has 5 rings (SSSR count). The maximum Gasteiger partial charge on any atom is 0.226 e. The van der Waals surface area contributed by atoms with Crippen molar-refractivity contribution in [2.45, 2.75) is 18.9 Å². The molecule has 0 radical (unpaired) electrons. The Labute approximate surface area is 199 Å². The minimum atomic E-state index is -0.817. The van der Waals surface area contributed by atoms with E-state index in [1.807, 2.05) is 0 Å². The van der Waals surface area contributed by atoms with E-state index in [0.29, 0.717) is 34.0 Å². The molecule has 10 heteroatoms. The van der Waals surface area contributed by atoms with Crippen LogP contribution in [0.5, 0.6) is 23.1 Å². The minimum Gasteiger partial charge on any atom is -0.490 e. The van der Waals surface area contributed by atoms with Gasteiger partial charge in [0.2, 0.25) is 5.88 Å².